The summed E-state index contributed by atoms with van der Waals surface area (Å²) in [6, 6.07) is 13.1. The molecule has 0 aliphatic carbocycles. The zero-order valence-electron chi connectivity index (χ0n) is 13.4. The van der Waals surface area contributed by atoms with E-state index in [1.165, 1.54) is 12.1 Å². The largest absolute Gasteiger partial charge is 0.445 e. The van der Waals surface area contributed by atoms with Crippen molar-refractivity contribution >= 4 is 17.7 Å². The number of benzene rings is 2. The SMILES string of the molecule is O=C(NCC(O)C(O)c1ccc(CCl)c(F)c1)OCc1ccccc1. The third kappa shape index (κ3) is 5.70. The van der Waals surface area contributed by atoms with E-state index < -0.39 is 24.1 Å². The maximum Gasteiger partial charge on any atom is 0.407 e. The second kappa shape index (κ2) is 9.36. The Morgan fingerprint density at radius 3 is 2.56 bits per heavy atom. The molecule has 134 valence electrons. The quantitative estimate of drug-likeness (QED) is 0.657. The summed E-state index contributed by atoms with van der Waals surface area (Å²) in [5, 5.41) is 22.4. The Morgan fingerprint density at radius 2 is 1.92 bits per heavy atom. The van der Waals surface area contributed by atoms with Crippen LogP contribution in [0, 0.1) is 5.82 Å². The number of aliphatic hydroxyl groups excluding tert-OH is 2. The van der Waals surface area contributed by atoms with E-state index in [-0.39, 0.29) is 24.6 Å². The smallest absolute Gasteiger partial charge is 0.407 e. The highest BCUT2D eigenvalue weighted by molar-refractivity contribution is 6.17. The van der Waals surface area contributed by atoms with Crippen LogP contribution in [0.5, 0.6) is 0 Å². The highest BCUT2D eigenvalue weighted by Gasteiger charge is 2.20. The van der Waals surface area contributed by atoms with Crippen molar-refractivity contribution in [1.82, 2.24) is 5.32 Å². The van der Waals surface area contributed by atoms with Gasteiger partial charge in [-0.25, -0.2) is 9.18 Å². The second-order valence-electron chi connectivity index (χ2n) is 5.44. The molecule has 0 saturated carbocycles. The highest BCUT2D eigenvalue weighted by atomic mass is 35.5. The Kier molecular flexibility index (Phi) is 7.18. The van der Waals surface area contributed by atoms with E-state index in [9.17, 15) is 19.4 Å². The molecule has 5 nitrogen and oxygen atoms in total. The van der Waals surface area contributed by atoms with Crippen LogP contribution in [0.4, 0.5) is 9.18 Å². The van der Waals surface area contributed by atoms with Crippen LogP contribution in [0.2, 0.25) is 0 Å². The lowest BCUT2D eigenvalue weighted by molar-refractivity contribution is 0.0182. The van der Waals surface area contributed by atoms with Gasteiger partial charge in [0.05, 0.1) is 5.88 Å². The fourth-order valence-corrected chi connectivity index (χ4v) is 2.37. The Balaban J connectivity index is 1.81. The van der Waals surface area contributed by atoms with E-state index in [2.05, 4.69) is 5.32 Å². The monoisotopic (exact) mass is 367 g/mol. The lowest BCUT2D eigenvalue weighted by atomic mass is 10.0. The van der Waals surface area contributed by atoms with Gasteiger partial charge in [0.2, 0.25) is 0 Å². The molecule has 0 radical (unpaired) electrons. The number of nitrogens with one attached hydrogen (secondary N) is 1. The van der Waals surface area contributed by atoms with Gasteiger partial charge in [-0.3, -0.25) is 0 Å². The summed E-state index contributed by atoms with van der Waals surface area (Å²) in [5.41, 5.74) is 1.32. The molecular weight excluding hydrogens is 349 g/mol. The number of alkyl halides is 1. The Bertz CT molecular complexity index is 699. The number of rotatable bonds is 7. The van der Waals surface area contributed by atoms with Gasteiger partial charge in [-0.2, -0.15) is 0 Å². The van der Waals surface area contributed by atoms with Crippen LogP contribution in [0.25, 0.3) is 0 Å². The van der Waals surface area contributed by atoms with Crippen LogP contribution in [0.15, 0.2) is 48.5 Å². The first kappa shape index (κ1) is 19.2. The van der Waals surface area contributed by atoms with Gasteiger partial charge in [0.1, 0.15) is 24.6 Å². The van der Waals surface area contributed by atoms with Crippen LogP contribution in [0.3, 0.4) is 0 Å². The van der Waals surface area contributed by atoms with Crippen LogP contribution < -0.4 is 5.32 Å². The summed E-state index contributed by atoms with van der Waals surface area (Å²) in [7, 11) is 0. The van der Waals surface area contributed by atoms with Crippen molar-refractivity contribution in [1.29, 1.82) is 0 Å². The summed E-state index contributed by atoms with van der Waals surface area (Å²) in [6.45, 7) is -0.149. The number of amides is 1. The van der Waals surface area contributed by atoms with Gasteiger partial charge in [-0.1, -0.05) is 42.5 Å². The minimum Gasteiger partial charge on any atom is -0.445 e. The molecule has 3 N–H and O–H groups in total. The summed E-state index contributed by atoms with van der Waals surface area (Å²) >= 11 is 5.57. The van der Waals surface area contributed by atoms with Gasteiger partial charge < -0.3 is 20.3 Å². The molecule has 0 bridgehead atoms. The third-order valence-electron chi connectivity index (χ3n) is 3.60. The molecule has 2 rings (SSSR count). The van der Waals surface area contributed by atoms with Crippen LogP contribution >= 0.6 is 11.6 Å². The number of hydrogen-bond acceptors (Lipinski definition) is 4. The standard InChI is InChI=1S/C18H19ClFNO4/c19-9-14-7-6-13(8-15(14)20)17(23)16(22)10-21-18(24)25-11-12-4-2-1-3-5-12/h1-8,16-17,22-23H,9-11H2,(H,21,24). The second-order valence-corrected chi connectivity index (χ2v) is 5.71. The van der Waals surface area contributed by atoms with Crippen LogP contribution in [-0.4, -0.2) is 29.0 Å². The molecular formula is C18H19ClFNO4. The van der Waals surface area contributed by atoms with E-state index in [1.807, 2.05) is 30.3 Å². The lowest BCUT2D eigenvalue weighted by Crippen LogP contribution is -2.35. The van der Waals surface area contributed by atoms with Gasteiger partial charge in [0.25, 0.3) is 0 Å². The molecule has 7 heteroatoms. The minimum atomic E-state index is -1.35. The summed E-state index contributed by atoms with van der Waals surface area (Å²) < 4.78 is 18.7. The van der Waals surface area contributed by atoms with Gasteiger partial charge >= 0.3 is 6.09 Å². The van der Waals surface area contributed by atoms with Crippen molar-refractivity contribution in [3.8, 4) is 0 Å². The first-order chi connectivity index (χ1) is 12.0. The first-order valence-corrected chi connectivity index (χ1v) is 8.19. The summed E-state index contributed by atoms with van der Waals surface area (Å²) in [6.07, 6.45) is -3.39. The molecule has 0 fully saturated rings. The average molecular weight is 368 g/mol. The van der Waals surface area contributed by atoms with Crippen molar-refractivity contribution in [2.24, 2.45) is 0 Å². The topological polar surface area (TPSA) is 78.8 Å². The fraction of sp³-hybridized carbons (Fsp3) is 0.278. The molecule has 0 aromatic heterocycles. The molecule has 0 heterocycles. The zero-order valence-corrected chi connectivity index (χ0v) is 14.1. The maximum absolute atomic E-state index is 13.7. The van der Waals surface area contributed by atoms with E-state index >= 15 is 0 Å². The number of aliphatic hydroxyl groups is 2. The van der Waals surface area contributed by atoms with Crippen molar-refractivity contribution < 1.29 is 24.1 Å². The predicted octanol–water partition coefficient (Wildman–Crippen LogP) is 2.89. The summed E-state index contributed by atoms with van der Waals surface area (Å²) in [4.78, 5) is 11.6. The van der Waals surface area contributed by atoms with Gasteiger partial charge in [-0.15, -0.1) is 11.6 Å². The molecule has 1 amide bonds. The number of carbonyl (C=O) groups excluding carboxylic acids is 1. The Morgan fingerprint density at radius 1 is 1.20 bits per heavy atom. The van der Waals surface area contributed by atoms with Crippen molar-refractivity contribution in [2.45, 2.75) is 24.7 Å². The molecule has 0 spiro atoms. The third-order valence-corrected chi connectivity index (χ3v) is 3.88. The number of ether oxygens (including phenoxy) is 1. The number of hydrogen-bond donors (Lipinski definition) is 3. The molecule has 0 saturated heterocycles. The van der Waals surface area contributed by atoms with Gasteiger partial charge in [0.15, 0.2) is 0 Å². The number of halogens is 2. The minimum absolute atomic E-state index is 0.0135. The van der Waals surface area contributed by atoms with E-state index in [0.29, 0.717) is 5.56 Å². The van der Waals surface area contributed by atoms with Crippen molar-refractivity contribution in [3.05, 3.63) is 71.0 Å². The summed E-state index contributed by atoms with van der Waals surface area (Å²) in [5.74, 6) is -0.548. The zero-order chi connectivity index (χ0) is 18.2. The van der Waals surface area contributed by atoms with E-state index in [0.717, 1.165) is 11.6 Å². The number of carbonyl (C=O) groups is 1. The molecule has 2 unspecified atom stereocenters. The van der Waals surface area contributed by atoms with E-state index in [4.69, 9.17) is 16.3 Å². The predicted molar refractivity (Wildman–Crippen MR) is 91.6 cm³/mol. The first-order valence-electron chi connectivity index (χ1n) is 7.66. The van der Waals surface area contributed by atoms with Crippen molar-refractivity contribution in [2.75, 3.05) is 6.54 Å². The molecule has 0 aliphatic rings. The van der Waals surface area contributed by atoms with Crippen molar-refractivity contribution in [3.63, 3.8) is 0 Å². The molecule has 2 aromatic carbocycles. The Labute approximate surface area is 150 Å². The van der Waals surface area contributed by atoms with Gasteiger partial charge in [0, 0.05) is 12.1 Å². The van der Waals surface area contributed by atoms with Crippen LogP contribution in [-0.2, 0) is 17.2 Å². The molecule has 25 heavy (non-hydrogen) atoms. The normalized spacial score (nSPS) is 13.1. The Hall–Kier alpha value is -2.15. The highest BCUT2D eigenvalue weighted by Crippen LogP contribution is 2.20. The molecule has 2 aromatic rings. The lowest BCUT2D eigenvalue weighted by Gasteiger charge is -2.19. The van der Waals surface area contributed by atoms with Gasteiger partial charge in [-0.05, 0) is 17.2 Å². The fourth-order valence-electron chi connectivity index (χ4n) is 2.15. The van der Waals surface area contributed by atoms with Crippen LogP contribution in [0.1, 0.15) is 22.8 Å². The maximum atomic E-state index is 13.7. The molecule has 0 aliphatic heterocycles. The number of alkyl carbamates (subject to hydrolysis) is 1. The van der Waals surface area contributed by atoms with E-state index in [1.54, 1.807) is 0 Å². The molecule has 2 atom stereocenters. The average Bonchev–Trinajstić information content (AvgIpc) is 2.64.